The van der Waals surface area contributed by atoms with Crippen LogP contribution in [0.25, 0.3) is 0 Å². The second kappa shape index (κ2) is 7.36. The normalized spacial score (nSPS) is 9.95. The van der Waals surface area contributed by atoms with Crippen LogP contribution in [0.15, 0.2) is 42.5 Å². The van der Waals surface area contributed by atoms with Gasteiger partial charge in [0.15, 0.2) is 11.5 Å². The van der Waals surface area contributed by atoms with Crippen molar-refractivity contribution in [3.05, 3.63) is 48.0 Å². The van der Waals surface area contributed by atoms with Crippen LogP contribution in [-0.2, 0) is 16.0 Å². The fourth-order valence-corrected chi connectivity index (χ4v) is 2.03. The minimum absolute atomic E-state index is 0.249. The lowest BCUT2D eigenvalue weighted by molar-refractivity contribution is -0.139. The molecule has 2 rings (SSSR count). The minimum Gasteiger partial charge on any atom is -0.493 e. The summed E-state index contributed by atoms with van der Waals surface area (Å²) in [5, 5.41) is 3.27. The monoisotopic (exact) mass is 301 g/mol. The molecule has 0 bridgehead atoms. The maximum absolute atomic E-state index is 11.2. The number of carbonyl (C=O) groups excluding carboxylic acids is 1. The van der Waals surface area contributed by atoms with Gasteiger partial charge in [-0.2, -0.15) is 0 Å². The molecule has 2 aromatic rings. The van der Waals surface area contributed by atoms with Gasteiger partial charge in [0.2, 0.25) is 0 Å². The predicted molar refractivity (Wildman–Crippen MR) is 85.0 cm³/mol. The molecule has 1 N–H and O–H groups in total. The molecule has 5 nitrogen and oxygen atoms in total. The van der Waals surface area contributed by atoms with Gasteiger partial charge in [-0.15, -0.1) is 0 Å². The predicted octanol–water partition coefficient (Wildman–Crippen LogP) is 3.16. The van der Waals surface area contributed by atoms with Gasteiger partial charge in [0.1, 0.15) is 0 Å². The summed E-state index contributed by atoms with van der Waals surface area (Å²) in [5.41, 5.74) is 2.71. The van der Waals surface area contributed by atoms with Gasteiger partial charge in [-0.25, -0.2) is 0 Å². The van der Waals surface area contributed by atoms with Crippen molar-refractivity contribution >= 4 is 17.3 Å². The van der Waals surface area contributed by atoms with E-state index in [1.165, 1.54) is 7.11 Å². The molecule has 0 aliphatic carbocycles. The van der Waals surface area contributed by atoms with Crippen LogP contribution in [0.3, 0.4) is 0 Å². The van der Waals surface area contributed by atoms with Gasteiger partial charge in [-0.1, -0.05) is 12.1 Å². The average molecular weight is 301 g/mol. The standard InChI is InChI=1S/C17H19NO4/c1-20-15-9-8-14(11-16(15)21-2)18-13-6-4-12(5-7-13)10-17(19)22-3/h4-9,11,18H,10H2,1-3H3. The molecule has 0 spiro atoms. The van der Waals surface area contributed by atoms with Crippen molar-refractivity contribution in [2.24, 2.45) is 0 Å². The molecule has 0 amide bonds. The average Bonchev–Trinajstić information content (AvgIpc) is 2.56. The first-order valence-corrected chi connectivity index (χ1v) is 6.81. The highest BCUT2D eigenvalue weighted by Gasteiger charge is 2.06. The molecule has 0 aromatic heterocycles. The molecular weight excluding hydrogens is 282 g/mol. The van der Waals surface area contributed by atoms with Gasteiger partial charge in [-0.3, -0.25) is 4.79 Å². The molecule has 0 aliphatic rings. The zero-order chi connectivity index (χ0) is 15.9. The zero-order valence-corrected chi connectivity index (χ0v) is 12.9. The Bertz CT molecular complexity index is 638. The number of esters is 1. The highest BCUT2D eigenvalue weighted by molar-refractivity contribution is 5.73. The first-order chi connectivity index (χ1) is 10.7. The molecule has 0 aliphatic heterocycles. The van der Waals surface area contributed by atoms with Gasteiger partial charge in [0.05, 0.1) is 27.8 Å². The first-order valence-electron chi connectivity index (χ1n) is 6.81. The molecule has 0 saturated carbocycles. The van der Waals surface area contributed by atoms with E-state index in [-0.39, 0.29) is 12.4 Å². The number of benzene rings is 2. The molecule has 116 valence electrons. The van der Waals surface area contributed by atoms with Crippen LogP contribution < -0.4 is 14.8 Å². The van der Waals surface area contributed by atoms with E-state index in [1.54, 1.807) is 14.2 Å². The number of rotatable bonds is 6. The summed E-state index contributed by atoms with van der Waals surface area (Å²) in [5.74, 6) is 1.09. The van der Waals surface area contributed by atoms with Crippen LogP contribution in [0.5, 0.6) is 11.5 Å². The molecule has 0 heterocycles. The van der Waals surface area contributed by atoms with E-state index < -0.39 is 0 Å². The Kier molecular flexibility index (Phi) is 5.25. The van der Waals surface area contributed by atoms with Crippen LogP contribution in [0.4, 0.5) is 11.4 Å². The van der Waals surface area contributed by atoms with E-state index in [0.29, 0.717) is 11.5 Å². The Hall–Kier alpha value is -2.69. The summed E-state index contributed by atoms with van der Waals surface area (Å²) >= 11 is 0. The Morgan fingerprint density at radius 2 is 1.55 bits per heavy atom. The van der Waals surface area contributed by atoms with Gasteiger partial charge < -0.3 is 19.5 Å². The second-order valence-corrected chi connectivity index (χ2v) is 4.64. The van der Waals surface area contributed by atoms with Crippen molar-refractivity contribution in [2.75, 3.05) is 26.6 Å². The van der Waals surface area contributed by atoms with Crippen LogP contribution in [-0.4, -0.2) is 27.3 Å². The molecule has 5 heteroatoms. The Balaban J connectivity index is 2.09. The Morgan fingerprint density at radius 1 is 0.909 bits per heavy atom. The molecule has 0 atom stereocenters. The van der Waals surface area contributed by atoms with Crippen molar-refractivity contribution in [1.82, 2.24) is 0 Å². The molecule has 0 radical (unpaired) electrons. The molecule has 0 fully saturated rings. The van der Waals surface area contributed by atoms with E-state index in [9.17, 15) is 4.79 Å². The van der Waals surface area contributed by atoms with Gasteiger partial charge >= 0.3 is 5.97 Å². The van der Waals surface area contributed by atoms with E-state index in [1.807, 2.05) is 42.5 Å². The number of nitrogens with one attached hydrogen (secondary N) is 1. The van der Waals surface area contributed by atoms with E-state index >= 15 is 0 Å². The SMILES string of the molecule is COC(=O)Cc1ccc(Nc2ccc(OC)c(OC)c2)cc1. The minimum atomic E-state index is -0.249. The summed E-state index contributed by atoms with van der Waals surface area (Å²) in [6.45, 7) is 0. The van der Waals surface area contributed by atoms with E-state index in [4.69, 9.17) is 9.47 Å². The lowest BCUT2D eigenvalue weighted by Gasteiger charge is -2.11. The smallest absolute Gasteiger partial charge is 0.309 e. The van der Waals surface area contributed by atoms with Crippen molar-refractivity contribution in [2.45, 2.75) is 6.42 Å². The maximum atomic E-state index is 11.2. The molecule has 22 heavy (non-hydrogen) atoms. The Labute approximate surface area is 129 Å². The summed E-state index contributed by atoms with van der Waals surface area (Å²) < 4.78 is 15.1. The topological polar surface area (TPSA) is 56.8 Å². The summed E-state index contributed by atoms with van der Waals surface area (Å²) in [7, 11) is 4.59. The van der Waals surface area contributed by atoms with Crippen molar-refractivity contribution < 1.29 is 19.0 Å². The third kappa shape index (κ3) is 3.91. The number of hydrogen-bond acceptors (Lipinski definition) is 5. The molecular formula is C17H19NO4. The summed E-state index contributed by atoms with van der Waals surface area (Å²) in [6.07, 6.45) is 0.271. The molecule has 0 unspecified atom stereocenters. The van der Waals surface area contributed by atoms with Gasteiger partial charge in [0.25, 0.3) is 0 Å². The first kappa shape index (κ1) is 15.7. The van der Waals surface area contributed by atoms with Crippen LogP contribution in [0.1, 0.15) is 5.56 Å². The zero-order valence-electron chi connectivity index (χ0n) is 12.9. The summed E-state index contributed by atoms with van der Waals surface area (Å²) in [4.78, 5) is 11.2. The van der Waals surface area contributed by atoms with Crippen LogP contribution in [0, 0.1) is 0 Å². The maximum Gasteiger partial charge on any atom is 0.309 e. The number of anilines is 2. The van der Waals surface area contributed by atoms with Crippen LogP contribution >= 0.6 is 0 Å². The lowest BCUT2D eigenvalue weighted by Crippen LogP contribution is -2.04. The second-order valence-electron chi connectivity index (χ2n) is 4.64. The van der Waals surface area contributed by atoms with E-state index in [2.05, 4.69) is 10.1 Å². The highest BCUT2D eigenvalue weighted by atomic mass is 16.5. The number of carbonyl (C=O) groups is 1. The molecule has 0 saturated heterocycles. The third-order valence-corrected chi connectivity index (χ3v) is 3.20. The molecule has 2 aromatic carbocycles. The van der Waals surface area contributed by atoms with Gasteiger partial charge in [-0.05, 0) is 29.8 Å². The lowest BCUT2D eigenvalue weighted by atomic mass is 10.1. The fourth-order valence-electron chi connectivity index (χ4n) is 2.03. The number of ether oxygens (including phenoxy) is 3. The van der Waals surface area contributed by atoms with Crippen LogP contribution in [0.2, 0.25) is 0 Å². The van der Waals surface area contributed by atoms with E-state index in [0.717, 1.165) is 16.9 Å². The Morgan fingerprint density at radius 3 is 2.14 bits per heavy atom. The fraction of sp³-hybridized carbons (Fsp3) is 0.235. The van der Waals surface area contributed by atoms with Crippen molar-refractivity contribution in [3.63, 3.8) is 0 Å². The number of methoxy groups -OCH3 is 3. The number of hydrogen-bond donors (Lipinski definition) is 1. The highest BCUT2D eigenvalue weighted by Crippen LogP contribution is 2.31. The third-order valence-electron chi connectivity index (χ3n) is 3.20. The largest absolute Gasteiger partial charge is 0.493 e. The van der Waals surface area contributed by atoms with Crippen molar-refractivity contribution in [1.29, 1.82) is 0 Å². The summed E-state index contributed by atoms with van der Waals surface area (Å²) in [6, 6.07) is 13.2. The van der Waals surface area contributed by atoms with Crippen molar-refractivity contribution in [3.8, 4) is 11.5 Å². The quantitative estimate of drug-likeness (QED) is 0.831. The van der Waals surface area contributed by atoms with Gasteiger partial charge in [0, 0.05) is 17.4 Å².